The maximum atomic E-state index is 12.4. The Kier molecular flexibility index (Phi) is 6.20. The van der Waals surface area contributed by atoms with Crippen LogP contribution in [0.4, 0.5) is 11.4 Å². The third-order valence-electron chi connectivity index (χ3n) is 3.23. The van der Waals surface area contributed by atoms with Crippen LogP contribution in [0, 0.1) is 11.3 Å². The minimum atomic E-state index is -1.11. The Morgan fingerprint density at radius 1 is 1.23 bits per heavy atom. The van der Waals surface area contributed by atoms with Crippen molar-refractivity contribution in [1.82, 2.24) is 5.43 Å². The van der Waals surface area contributed by atoms with Gasteiger partial charge in [-0.3, -0.25) is 4.79 Å². The number of nitrogens with zero attached hydrogens (tertiary/aromatic N) is 2. The van der Waals surface area contributed by atoms with Crippen LogP contribution in [0.25, 0.3) is 6.08 Å². The second-order valence-corrected chi connectivity index (χ2v) is 5.01. The summed E-state index contributed by atoms with van der Waals surface area (Å²) in [5.41, 5.74) is 4.30. The molecule has 2 aromatic carbocycles. The number of nitriles is 1. The molecular formula is C18H15N5O3. The van der Waals surface area contributed by atoms with Gasteiger partial charge in [0.2, 0.25) is 0 Å². The molecule has 0 heterocycles. The lowest BCUT2D eigenvalue weighted by atomic mass is 10.1. The first-order valence-electron chi connectivity index (χ1n) is 7.38. The van der Waals surface area contributed by atoms with Crippen LogP contribution < -0.4 is 16.6 Å². The molecule has 0 saturated heterocycles. The van der Waals surface area contributed by atoms with E-state index in [9.17, 15) is 14.9 Å². The third kappa shape index (κ3) is 5.02. The number of amides is 1. The number of hydrogen-bond acceptors (Lipinski definition) is 5. The molecule has 0 aromatic heterocycles. The zero-order valence-electron chi connectivity index (χ0n) is 13.5. The van der Waals surface area contributed by atoms with Crippen molar-refractivity contribution in [1.29, 1.82) is 5.26 Å². The number of nitrogens with two attached hydrogens (primary N) is 1. The number of nitrogens with one attached hydrogen (secondary N) is 2. The van der Waals surface area contributed by atoms with E-state index in [0.29, 0.717) is 22.5 Å². The van der Waals surface area contributed by atoms with Crippen LogP contribution in [-0.4, -0.2) is 23.3 Å². The average molecular weight is 349 g/mol. The van der Waals surface area contributed by atoms with E-state index >= 15 is 0 Å². The molecule has 26 heavy (non-hydrogen) atoms. The van der Waals surface area contributed by atoms with Crippen LogP contribution in [0.3, 0.4) is 0 Å². The molecule has 0 aliphatic carbocycles. The zero-order valence-corrected chi connectivity index (χ0v) is 13.5. The maximum absolute atomic E-state index is 12.4. The molecule has 2 aromatic rings. The van der Waals surface area contributed by atoms with Crippen molar-refractivity contribution in [3.63, 3.8) is 0 Å². The quantitative estimate of drug-likeness (QED) is 0.207. The van der Waals surface area contributed by atoms with E-state index in [1.54, 1.807) is 36.4 Å². The lowest BCUT2D eigenvalue weighted by Gasteiger charge is -2.07. The number of rotatable bonds is 6. The summed E-state index contributed by atoms with van der Waals surface area (Å²) in [4.78, 5) is 27.0. The summed E-state index contributed by atoms with van der Waals surface area (Å²) in [5.74, 6) is 3.62. The lowest BCUT2D eigenvalue weighted by Crippen LogP contribution is -2.18. The van der Waals surface area contributed by atoms with Crippen LogP contribution in [0.1, 0.15) is 21.5 Å². The standard InChI is InChI=1S/C18H15N5O3/c19-10-14-9-16(6-4-12(14)5-7-17(24)25)23-18(26)13-2-1-3-15(8-13)21-11-22-20/h1-9,11H,20H2,(H,21,22)(H,23,26)(H,24,25). The lowest BCUT2D eigenvalue weighted by molar-refractivity contribution is -0.131. The number of hydrazine groups is 1. The number of benzene rings is 2. The number of carboxylic acids is 1. The van der Waals surface area contributed by atoms with Crippen LogP contribution in [-0.2, 0) is 4.79 Å². The van der Waals surface area contributed by atoms with Gasteiger partial charge in [0.05, 0.1) is 17.3 Å². The third-order valence-corrected chi connectivity index (χ3v) is 3.23. The fourth-order valence-electron chi connectivity index (χ4n) is 2.08. The Morgan fingerprint density at radius 3 is 2.73 bits per heavy atom. The van der Waals surface area contributed by atoms with E-state index in [2.05, 4.69) is 15.7 Å². The molecular weight excluding hydrogens is 334 g/mol. The monoisotopic (exact) mass is 349 g/mol. The number of aliphatic imine (C=N–C) groups is 1. The first-order chi connectivity index (χ1) is 12.5. The number of carbonyl (C=O) groups is 2. The largest absolute Gasteiger partial charge is 0.478 e. The number of carbonyl (C=O) groups excluding carboxylic acids is 1. The molecule has 0 aliphatic rings. The fourth-order valence-corrected chi connectivity index (χ4v) is 2.08. The zero-order chi connectivity index (χ0) is 18.9. The van der Waals surface area contributed by atoms with Crippen LogP contribution in [0.15, 0.2) is 53.5 Å². The van der Waals surface area contributed by atoms with Gasteiger partial charge in [-0.1, -0.05) is 12.1 Å². The van der Waals surface area contributed by atoms with E-state index in [1.165, 1.54) is 18.5 Å². The molecule has 0 unspecified atom stereocenters. The molecule has 8 nitrogen and oxygen atoms in total. The molecule has 0 fully saturated rings. The van der Waals surface area contributed by atoms with Gasteiger partial charge >= 0.3 is 5.97 Å². The highest BCUT2D eigenvalue weighted by Crippen LogP contribution is 2.19. The van der Waals surface area contributed by atoms with Crippen molar-refractivity contribution in [3.05, 3.63) is 65.2 Å². The Morgan fingerprint density at radius 2 is 2.04 bits per heavy atom. The van der Waals surface area contributed by atoms with Gasteiger partial charge in [0.15, 0.2) is 0 Å². The topological polar surface area (TPSA) is 141 Å². The van der Waals surface area contributed by atoms with Crippen molar-refractivity contribution in [2.75, 3.05) is 5.32 Å². The highest BCUT2D eigenvalue weighted by atomic mass is 16.4. The Hall–Kier alpha value is -3.96. The van der Waals surface area contributed by atoms with Crippen molar-refractivity contribution in [2.24, 2.45) is 10.8 Å². The summed E-state index contributed by atoms with van der Waals surface area (Å²) >= 11 is 0. The molecule has 5 N–H and O–H groups in total. The molecule has 130 valence electrons. The first kappa shape index (κ1) is 18.4. The molecule has 0 aliphatic heterocycles. The van der Waals surface area contributed by atoms with E-state index in [-0.39, 0.29) is 11.5 Å². The molecule has 8 heteroatoms. The van der Waals surface area contributed by atoms with E-state index < -0.39 is 5.97 Å². The normalized spacial score (nSPS) is 10.6. The predicted octanol–water partition coefficient (Wildman–Crippen LogP) is 2.03. The smallest absolute Gasteiger partial charge is 0.328 e. The molecule has 2 rings (SSSR count). The van der Waals surface area contributed by atoms with Crippen molar-refractivity contribution >= 4 is 35.7 Å². The highest BCUT2D eigenvalue weighted by molar-refractivity contribution is 6.05. The summed E-state index contributed by atoms with van der Waals surface area (Å²) in [5, 5.41) is 20.6. The van der Waals surface area contributed by atoms with Gasteiger partial charge in [-0.2, -0.15) is 5.26 Å². The number of carboxylic acid groups (broad SMARTS) is 1. The van der Waals surface area contributed by atoms with Gasteiger partial charge in [-0.05, 0) is 42.0 Å². The highest BCUT2D eigenvalue weighted by Gasteiger charge is 2.08. The van der Waals surface area contributed by atoms with Crippen molar-refractivity contribution < 1.29 is 14.7 Å². The molecule has 0 bridgehead atoms. The second-order valence-electron chi connectivity index (χ2n) is 5.01. The van der Waals surface area contributed by atoms with Crippen molar-refractivity contribution in [2.45, 2.75) is 0 Å². The van der Waals surface area contributed by atoms with Gasteiger partial charge < -0.3 is 15.8 Å². The number of anilines is 1. The van der Waals surface area contributed by atoms with E-state index in [0.717, 1.165) is 6.08 Å². The average Bonchev–Trinajstić information content (AvgIpc) is 2.65. The Bertz CT molecular complexity index is 929. The maximum Gasteiger partial charge on any atom is 0.328 e. The van der Waals surface area contributed by atoms with Crippen molar-refractivity contribution in [3.8, 4) is 6.07 Å². The van der Waals surface area contributed by atoms with Crippen LogP contribution >= 0.6 is 0 Å². The Balaban J connectivity index is 2.20. The fraction of sp³-hybridized carbons (Fsp3) is 0. The molecule has 0 atom stereocenters. The van der Waals surface area contributed by atoms with Gasteiger partial charge in [-0.25, -0.2) is 15.6 Å². The van der Waals surface area contributed by atoms with Crippen LogP contribution in [0.2, 0.25) is 0 Å². The second kappa shape index (κ2) is 8.77. The SMILES string of the molecule is N#Cc1cc(NC(=O)c2cccc(N=CNN)c2)ccc1C=CC(=O)O. The first-order valence-corrected chi connectivity index (χ1v) is 7.38. The number of hydrogen-bond donors (Lipinski definition) is 4. The van der Waals surface area contributed by atoms with Gasteiger partial charge in [-0.15, -0.1) is 0 Å². The minimum Gasteiger partial charge on any atom is -0.478 e. The Labute approximate surface area is 149 Å². The summed E-state index contributed by atoms with van der Waals surface area (Å²) in [6, 6.07) is 13.2. The predicted molar refractivity (Wildman–Crippen MR) is 97.7 cm³/mol. The minimum absolute atomic E-state index is 0.243. The molecule has 1 amide bonds. The number of aliphatic carboxylic acids is 1. The van der Waals surface area contributed by atoms with E-state index in [1.807, 2.05) is 6.07 Å². The molecule has 0 radical (unpaired) electrons. The summed E-state index contributed by atoms with van der Waals surface area (Å²) in [6.45, 7) is 0. The van der Waals surface area contributed by atoms with Crippen LogP contribution in [0.5, 0.6) is 0 Å². The molecule has 0 saturated carbocycles. The summed E-state index contributed by atoms with van der Waals surface area (Å²) in [6.07, 6.45) is 3.55. The van der Waals surface area contributed by atoms with Gasteiger partial charge in [0, 0.05) is 17.3 Å². The van der Waals surface area contributed by atoms with Gasteiger partial charge in [0.1, 0.15) is 6.34 Å². The summed E-state index contributed by atoms with van der Waals surface area (Å²) < 4.78 is 0. The van der Waals surface area contributed by atoms with Gasteiger partial charge in [0.25, 0.3) is 5.91 Å². The summed E-state index contributed by atoms with van der Waals surface area (Å²) in [7, 11) is 0. The molecule has 0 spiro atoms. The van der Waals surface area contributed by atoms with E-state index in [4.69, 9.17) is 10.9 Å².